The molecule has 21 heavy (non-hydrogen) atoms. The second kappa shape index (κ2) is 9.19. The summed E-state index contributed by atoms with van der Waals surface area (Å²) in [5.74, 6) is 0.720. The molecule has 1 saturated heterocycles. The molecule has 1 aromatic rings. The van der Waals surface area contributed by atoms with Crippen molar-refractivity contribution in [3.05, 3.63) is 35.9 Å². The molecule has 3 heteroatoms. The van der Waals surface area contributed by atoms with Crippen LogP contribution in [0.3, 0.4) is 0 Å². The molecule has 0 aliphatic carbocycles. The van der Waals surface area contributed by atoms with Gasteiger partial charge in [-0.15, -0.1) is 0 Å². The summed E-state index contributed by atoms with van der Waals surface area (Å²) in [6.45, 7) is 7.38. The predicted octanol–water partition coefficient (Wildman–Crippen LogP) is 3.09. The minimum atomic E-state index is 0.459. The minimum Gasteiger partial charge on any atom is -0.381 e. The van der Waals surface area contributed by atoms with Gasteiger partial charge in [0.15, 0.2) is 0 Å². The highest BCUT2D eigenvalue weighted by Gasteiger charge is 2.17. The number of hydrogen-bond acceptors (Lipinski definition) is 3. The Labute approximate surface area is 129 Å². The van der Waals surface area contributed by atoms with Crippen molar-refractivity contribution in [2.45, 2.75) is 32.2 Å². The Kier molecular flexibility index (Phi) is 7.20. The lowest BCUT2D eigenvalue weighted by molar-refractivity contribution is 0.0416. The van der Waals surface area contributed by atoms with Crippen molar-refractivity contribution in [1.82, 2.24) is 10.2 Å². The summed E-state index contributed by atoms with van der Waals surface area (Å²) in [6.07, 6.45) is 3.70. The normalized spacial score (nSPS) is 20.6. The van der Waals surface area contributed by atoms with Gasteiger partial charge in [0.2, 0.25) is 0 Å². The Bertz CT molecular complexity index is 376. The first-order chi connectivity index (χ1) is 10.3. The standard InChI is InChI=1S/C18H30N2O/c1-3-19-18(17-9-5-4-6-10-17)11-12-20(2)14-16-8-7-13-21-15-16/h4-6,9-10,16,18-19H,3,7-8,11-15H2,1-2H3. The lowest BCUT2D eigenvalue weighted by atomic mass is 10.0. The van der Waals surface area contributed by atoms with E-state index >= 15 is 0 Å². The lowest BCUT2D eigenvalue weighted by Crippen LogP contribution is -2.33. The van der Waals surface area contributed by atoms with Crippen LogP contribution in [0.1, 0.15) is 37.8 Å². The smallest absolute Gasteiger partial charge is 0.0506 e. The van der Waals surface area contributed by atoms with Gasteiger partial charge in [0, 0.05) is 19.2 Å². The van der Waals surface area contributed by atoms with Gasteiger partial charge < -0.3 is 15.0 Å². The third-order valence-corrected chi connectivity index (χ3v) is 4.28. The van der Waals surface area contributed by atoms with E-state index in [1.807, 2.05) is 0 Å². The Balaban J connectivity index is 1.78. The van der Waals surface area contributed by atoms with E-state index in [2.05, 4.69) is 54.5 Å². The van der Waals surface area contributed by atoms with Gasteiger partial charge in [-0.1, -0.05) is 37.3 Å². The van der Waals surface area contributed by atoms with E-state index in [1.165, 1.54) is 18.4 Å². The van der Waals surface area contributed by atoms with E-state index < -0.39 is 0 Å². The van der Waals surface area contributed by atoms with Gasteiger partial charge in [-0.05, 0) is 50.9 Å². The molecular formula is C18H30N2O. The van der Waals surface area contributed by atoms with E-state index in [-0.39, 0.29) is 0 Å². The Hall–Kier alpha value is -0.900. The topological polar surface area (TPSA) is 24.5 Å². The van der Waals surface area contributed by atoms with Gasteiger partial charge >= 0.3 is 0 Å². The summed E-state index contributed by atoms with van der Waals surface area (Å²) >= 11 is 0. The third kappa shape index (κ3) is 5.77. The molecule has 0 aromatic heterocycles. The van der Waals surface area contributed by atoms with Crippen molar-refractivity contribution in [2.75, 3.05) is 39.9 Å². The van der Waals surface area contributed by atoms with E-state index in [0.717, 1.165) is 45.2 Å². The van der Waals surface area contributed by atoms with E-state index in [9.17, 15) is 0 Å². The molecule has 2 atom stereocenters. The monoisotopic (exact) mass is 290 g/mol. The molecule has 1 aliphatic rings. The zero-order valence-electron chi connectivity index (χ0n) is 13.6. The maximum Gasteiger partial charge on any atom is 0.0506 e. The predicted molar refractivity (Wildman–Crippen MR) is 88.5 cm³/mol. The van der Waals surface area contributed by atoms with Gasteiger partial charge in [0.25, 0.3) is 0 Å². The number of benzene rings is 1. The SMILES string of the molecule is CCNC(CCN(C)CC1CCCOC1)c1ccccc1. The highest BCUT2D eigenvalue weighted by molar-refractivity contribution is 5.18. The molecule has 1 aromatic carbocycles. The molecule has 3 nitrogen and oxygen atoms in total. The molecule has 118 valence electrons. The fraction of sp³-hybridized carbons (Fsp3) is 0.667. The quantitative estimate of drug-likeness (QED) is 0.796. The van der Waals surface area contributed by atoms with Gasteiger partial charge in [-0.2, -0.15) is 0 Å². The van der Waals surface area contributed by atoms with Crippen molar-refractivity contribution in [2.24, 2.45) is 5.92 Å². The van der Waals surface area contributed by atoms with Crippen LogP contribution in [0.2, 0.25) is 0 Å². The Morgan fingerprint density at radius 1 is 1.33 bits per heavy atom. The van der Waals surface area contributed by atoms with Crippen LogP contribution in [0, 0.1) is 5.92 Å². The first-order valence-corrected chi connectivity index (χ1v) is 8.34. The fourth-order valence-electron chi connectivity index (χ4n) is 3.15. The van der Waals surface area contributed by atoms with Crippen molar-refractivity contribution in [3.63, 3.8) is 0 Å². The van der Waals surface area contributed by atoms with E-state index in [0.29, 0.717) is 6.04 Å². The van der Waals surface area contributed by atoms with Crippen molar-refractivity contribution >= 4 is 0 Å². The third-order valence-electron chi connectivity index (χ3n) is 4.28. The van der Waals surface area contributed by atoms with E-state index in [4.69, 9.17) is 4.74 Å². The van der Waals surface area contributed by atoms with Crippen LogP contribution in [0.15, 0.2) is 30.3 Å². The Morgan fingerprint density at radius 3 is 2.81 bits per heavy atom. The second-order valence-electron chi connectivity index (χ2n) is 6.16. The lowest BCUT2D eigenvalue weighted by Gasteiger charge is -2.28. The van der Waals surface area contributed by atoms with Crippen LogP contribution in [0.4, 0.5) is 0 Å². The summed E-state index contributed by atoms with van der Waals surface area (Å²) in [4.78, 5) is 2.46. The number of nitrogens with zero attached hydrogens (tertiary/aromatic N) is 1. The van der Waals surface area contributed by atoms with Crippen molar-refractivity contribution in [3.8, 4) is 0 Å². The summed E-state index contributed by atoms with van der Waals surface area (Å²) in [5, 5.41) is 3.61. The molecule has 1 fully saturated rings. The first kappa shape index (κ1) is 16.5. The molecular weight excluding hydrogens is 260 g/mol. The summed E-state index contributed by atoms with van der Waals surface area (Å²) in [7, 11) is 2.24. The molecule has 0 radical (unpaired) electrons. The summed E-state index contributed by atoms with van der Waals surface area (Å²) < 4.78 is 5.58. The number of nitrogens with one attached hydrogen (secondary N) is 1. The zero-order chi connectivity index (χ0) is 14.9. The van der Waals surface area contributed by atoms with Crippen LogP contribution in [-0.4, -0.2) is 44.8 Å². The number of hydrogen-bond donors (Lipinski definition) is 1. The van der Waals surface area contributed by atoms with Crippen LogP contribution in [0.5, 0.6) is 0 Å². The summed E-state index contributed by atoms with van der Waals surface area (Å²) in [6, 6.07) is 11.2. The molecule has 0 spiro atoms. The molecule has 0 bridgehead atoms. The molecule has 1 aliphatic heterocycles. The fourth-order valence-corrected chi connectivity index (χ4v) is 3.15. The number of rotatable bonds is 8. The van der Waals surface area contributed by atoms with Crippen LogP contribution in [0.25, 0.3) is 0 Å². The van der Waals surface area contributed by atoms with Crippen LogP contribution < -0.4 is 5.32 Å². The molecule has 1 N–H and O–H groups in total. The largest absolute Gasteiger partial charge is 0.381 e. The van der Waals surface area contributed by atoms with Gasteiger partial charge in [0.05, 0.1) is 6.61 Å². The van der Waals surface area contributed by atoms with Crippen molar-refractivity contribution in [1.29, 1.82) is 0 Å². The molecule has 2 rings (SSSR count). The maximum atomic E-state index is 5.58. The molecule has 1 heterocycles. The average Bonchev–Trinajstić information content (AvgIpc) is 2.53. The molecule has 2 unspecified atom stereocenters. The number of ether oxygens (including phenoxy) is 1. The van der Waals surface area contributed by atoms with E-state index in [1.54, 1.807) is 0 Å². The maximum absolute atomic E-state index is 5.58. The highest BCUT2D eigenvalue weighted by Crippen LogP contribution is 2.18. The second-order valence-corrected chi connectivity index (χ2v) is 6.16. The molecule has 0 amide bonds. The average molecular weight is 290 g/mol. The van der Waals surface area contributed by atoms with Crippen LogP contribution >= 0.6 is 0 Å². The van der Waals surface area contributed by atoms with Crippen LogP contribution in [-0.2, 0) is 4.74 Å². The van der Waals surface area contributed by atoms with Gasteiger partial charge in [0.1, 0.15) is 0 Å². The Morgan fingerprint density at radius 2 is 2.14 bits per heavy atom. The van der Waals surface area contributed by atoms with Crippen molar-refractivity contribution < 1.29 is 4.74 Å². The zero-order valence-corrected chi connectivity index (χ0v) is 13.6. The minimum absolute atomic E-state index is 0.459. The first-order valence-electron chi connectivity index (χ1n) is 8.34. The van der Waals surface area contributed by atoms with Gasteiger partial charge in [-0.25, -0.2) is 0 Å². The van der Waals surface area contributed by atoms with Gasteiger partial charge in [-0.3, -0.25) is 0 Å². The summed E-state index contributed by atoms with van der Waals surface area (Å²) in [5.41, 5.74) is 1.40. The highest BCUT2D eigenvalue weighted by atomic mass is 16.5. The molecule has 0 saturated carbocycles.